The van der Waals surface area contributed by atoms with E-state index in [0.717, 1.165) is 11.3 Å². The Morgan fingerprint density at radius 1 is 1.27 bits per heavy atom. The maximum atomic E-state index is 12.3. The minimum absolute atomic E-state index is 0.146. The van der Waals surface area contributed by atoms with Crippen molar-refractivity contribution in [3.8, 4) is 0 Å². The van der Waals surface area contributed by atoms with E-state index in [2.05, 4.69) is 10.3 Å². The molecule has 3 rings (SSSR count). The summed E-state index contributed by atoms with van der Waals surface area (Å²) in [4.78, 5) is 16.4. The molecule has 0 aromatic carbocycles. The first-order valence-electron chi connectivity index (χ1n) is 8.36. The molecule has 0 saturated heterocycles. The van der Waals surface area contributed by atoms with Crippen molar-refractivity contribution in [3.63, 3.8) is 0 Å². The molecule has 1 aromatic rings. The van der Waals surface area contributed by atoms with Crippen LogP contribution in [0.25, 0.3) is 0 Å². The normalized spacial score (nSPS) is 22.5. The summed E-state index contributed by atoms with van der Waals surface area (Å²) in [7, 11) is 0. The molecule has 1 N–H and O–H groups in total. The Morgan fingerprint density at radius 2 is 2.00 bits per heavy atom. The first kappa shape index (κ1) is 15.1. The molecule has 0 amide bonds. The van der Waals surface area contributed by atoms with Gasteiger partial charge in [-0.3, -0.25) is 4.98 Å². The lowest BCUT2D eigenvalue weighted by molar-refractivity contribution is -0.138. The summed E-state index contributed by atoms with van der Waals surface area (Å²) in [6, 6.07) is 4.20. The van der Waals surface area contributed by atoms with Crippen molar-refractivity contribution in [1.82, 2.24) is 10.3 Å². The average molecular weight is 300 g/mol. The molecule has 4 nitrogen and oxygen atoms in total. The van der Waals surface area contributed by atoms with Gasteiger partial charge < -0.3 is 10.1 Å². The van der Waals surface area contributed by atoms with Crippen LogP contribution in [-0.4, -0.2) is 17.6 Å². The summed E-state index contributed by atoms with van der Waals surface area (Å²) in [5.41, 5.74) is 3.18. The van der Waals surface area contributed by atoms with Gasteiger partial charge >= 0.3 is 5.97 Å². The number of rotatable bonds is 4. The zero-order valence-electron chi connectivity index (χ0n) is 13.2. The third-order valence-corrected chi connectivity index (χ3v) is 4.71. The molecular formula is C18H24N2O2. The first-order chi connectivity index (χ1) is 10.8. The van der Waals surface area contributed by atoms with E-state index in [1.165, 1.54) is 37.7 Å². The predicted octanol–water partition coefficient (Wildman–Crippen LogP) is 3.51. The average Bonchev–Trinajstić information content (AvgIpc) is 3.02. The van der Waals surface area contributed by atoms with Crippen LogP contribution < -0.4 is 5.32 Å². The number of hydrogen-bond acceptors (Lipinski definition) is 4. The zero-order chi connectivity index (χ0) is 15.4. The summed E-state index contributed by atoms with van der Waals surface area (Å²) < 4.78 is 5.28. The van der Waals surface area contributed by atoms with E-state index in [1.807, 2.05) is 19.1 Å². The van der Waals surface area contributed by atoms with Crippen LogP contribution in [0.15, 0.2) is 35.8 Å². The van der Waals surface area contributed by atoms with Crippen molar-refractivity contribution >= 4 is 5.97 Å². The largest absolute Gasteiger partial charge is 0.463 e. The van der Waals surface area contributed by atoms with E-state index in [9.17, 15) is 4.79 Å². The Labute approximate surface area is 132 Å². The van der Waals surface area contributed by atoms with Crippen LogP contribution in [0.5, 0.6) is 0 Å². The summed E-state index contributed by atoms with van der Waals surface area (Å²) >= 11 is 0. The molecule has 2 heterocycles. The minimum Gasteiger partial charge on any atom is -0.463 e. The van der Waals surface area contributed by atoms with Gasteiger partial charge in [0.25, 0.3) is 0 Å². The van der Waals surface area contributed by atoms with Crippen molar-refractivity contribution in [1.29, 1.82) is 0 Å². The number of allylic oxidation sites excluding steroid dienone is 1. The number of esters is 1. The fourth-order valence-electron chi connectivity index (χ4n) is 3.60. The highest BCUT2D eigenvalue weighted by Gasteiger charge is 2.33. The van der Waals surface area contributed by atoms with Gasteiger partial charge in [0.1, 0.15) is 0 Å². The van der Waals surface area contributed by atoms with Crippen LogP contribution >= 0.6 is 0 Å². The lowest BCUT2D eigenvalue weighted by atomic mass is 9.85. The number of pyridine rings is 1. The maximum absolute atomic E-state index is 12.3. The number of nitrogens with zero attached hydrogens (tertiary/aromatic N) is 1. The fraction of sp³-hybridized carbons (Fsp3) is 0.556. The Kier molecular flexibility index (Phi) is 4.76. The molecule has 1 aliphatic carbocycles. The zero-order valence-corrected chi connectivity index (χ0v) is 13.2. The highest BCUT2D eigenvalue weighted by molar-refractivity contribution is 5.90. The van der Waals surface area contributed by atoms with Crippen LogP contribution in [0, 0.1) is 5.92 Å². The van der Waals surface area contributed by atoms with Crippen molar-refractivity contribution in [2.75, 3.05) is 6.61 Å². The molecule has 118 valence electrons. The molecule has 1 aromatic heterocycles. The summed E-state index contributed by atoms with van der Waals surface area (Å²) in [6.45, 7) is 2.29. The van der Waals surface area contributed by atoms with Crippen molar-refractivity contribution in [2.24, 2.45) is 5.92 Å². The van der Waals surface area contributed by atoms with E-state index >= 15 is 0 Å². The molecule has 1 fully saturated rings. The number of aromatic nitrogens is 1. The molecule has 4 heteroatoms. The topological polar surface area (TPSA) is 51.2 Å². The van der Waals surface area contributed by atoms with E-state index in [-0.39, 0.29) is 12.0 Å². The third kappa shape index (κ3) is 3.16. The molecule has 0 spiro atoms. The molecule has 0 radical (unpaired) electrons. The van der Waals surface area contributed by atoms with Crippen molar-refractivity contribution in [3.05, 3.63) is 41.4 Å². The second kappa shape index (κ2) is 6.95. The van der Waals surface area contributed by atoms with Gasteiger partial charge in [0.2, 0.25) is 0 Å². The molecule has 22 heavy (non-hydrogen) atoms. The van der Waals surface area contributed by atoms with Gasteiger partial charge in [-0.25, -0.2) is 4.79 Å². The van der Waals surface area contributed by atoms with Crippen molar-refractivity contribution < 1.29 is 9.53 Å². The Balaban J connectivity index is 1.82. The number of hydrogen-bond donors (Lipinski definition) is 1. The van der Waals surface area contributed by atoms with E-state index in [4.69, 9.17) is 4.74 Å². The molecule has 2 aliphatic rings. The second-order valence-electron chi connectivity index (χ2n) is 6.13. The summed E-state index contributed by atoms with van der Waals surface area (Å²) in [6.07, 6.45) is 10.5. The first-order valence-corrected chi connectivity index (χ1v) is 8.36. The van der Waals surface area contributed by atoms with E-state index < -0.39 is 0 Å². The molecule has 1 atom stereocenters. The molecule has 1 aliphatic heterocycles. The second-order valence-corrected chi connectivity index (χ2v) is 6.13. The number of carbonyl (C=O) groups is 1. The molecular weight excluding hydrogens is 276 g/mol. The summed E-state index contributed by atoms with van der Waals surface area (Å²) in [5.74, 6) is 0.340. The number of carbonyl (C=O) groups excluding carboxylic acids is 1. The van der Waals surface area contributed by atoms with Gasteiger partial charge in [-0.05, 0) is 43.4 Å². The van der Waals surface area contributed by atoms with Gasteiger partial charge in [-0.2, -0.15) is 0 Å². The SMILES string of the molecule is CCOC(=O)C1=C(C2CCCCC2)NC(c2ccncc2)C1. The molecule has 1 saturated carbocycles. The van der Waals surface area contributed by atoms with Crippen LogP contribution in [-0.2, 0) is 9.53 Å². The highest BCUT2D eigenvalue weighted by Crippen LogP contribution is 2.38. The smallest absolute Gasteiger partial charge is 0.335 e. The quantitative estimate of drug-likeness (QED) is 0.865. The van der Waals surface area contributed by atoms with Gasteiger partial charge in [0.05, 0.1) is 18.2 Å². The van der Waals surface area contributed by atoms with Gasteiger partial charge in [-0.15, -0.1) is 0 Å². The lowest BCUT2D eigenvalue weighted by Crippen LogP contribution is -2.22. The van der Waals surface area contributed by atoms with E-state index in [1.54, 1.807) is 12.4 Å². The molecule has 1 unspecified atom stereocenters. The number of ether oxygens (including phenoxy) is 1. The number of nitrogens with one attached hydrogen (secondary N) is 1. The van der Waals surface area contributed by atoms with Crippen LogP contribution in [0.3, 0.4) is 0 Å². The van der Waals surface area contributed by atoms with Crippen molar-refractivity contribution in [2.45, 2.75) is 51.5 Å². The predicted molar refractivity (Wildman–Crippen MR) is 85.0 cm³/mol. The van der Waals surface area contributed by atoms with Crippen LogP contribution in [0.2, 0.25) is 0 Å². The Hall–Kier alpha value is -1.84. The Morgan fingerprint density at radius 3 is 2.68 bits per heavy atom. The van der Waals surface area contributed by atoms with Crippen LogP contribution in [0.4, 0.5) is 0 Å². The van der Waals surface area contributed by atoms with E-state index in [0.29, 0.717) is 18.9 Å². The monoisotopic (exact) mass is 300 g/mol. The van der Waals surface area contributed by atoms with Gasteiger partial charge in [0.15, 0.2) is 0 Å². The highest BCUT2D eigenvalue weighted by atomic mass is 16.5. The van der Waals surface area contributed by atoms with Gasteiger partial charge in [-0.1, -0.05) is 19.3 Å². The fourth-order valence-corrected chi connectivity index (χ4v) is 3.60. The Bertz CT molecular complexity index is 547. The minimum atomic E-state index is -0.146. The summed E-state index contributed by atoms with van der Waals surface area (Å²) in [5, 5.41) is 3.62. The molecule has 0 bridgehead atoms. The lowest BCUT2D eigenvalue weighted by Gasteiger charge is -2.25. The van der Waals surface area contributed by atoms with Crippen LogP contribution in [0.1, 0.15) is 57.1 Å². The van der Waals surface area contributed by atoms with Gasteiger partial charge in [0, 0.05) is 24.5 Å². The standard InChI is InChI=1S/C18H24N2O2/c1-2-22-18(21)15-12-16(13-8-10-19-11-9-13)20-17(15)14-6-4-3-5-7-14/h8-11,14,16,20H,2-7,12H2,1H3. The maximum Gasteiger partial charge on any atom is 0.335 e. The third-order valence-electron chi connectivity index (χ3n) is 4.71.